The molecular formula is C22H28F2N2O5S2. The largest absolute Gasteiger partial charge is 0.490 e. The van der Waals surface area contributed by atoms with Crippen LogP contribution in [0.2, 0.25) is 0 Å². The summed E-state index contributed by atoms with van der Waals surface area (Å²) in [5.74, 6) is -1.26. The Labute approximate surface area is 194 Å². The van der Waals surface area contributed by atoms with E-state index in [-0.39, 0.29) is 29.1 Å². The lowest BCUT2D eigenvalue weighted by atomic mass is 10.1. The smallest absolute Gasteiger partial charge is 0.264 e. The number of nitrogens with zero attached hydrogens (tertiary/aromatic N) is 2. The average Bonchev–Trinajstić information content (AvgIpc) is 2.74. The molecule has 33 heavy (non-hydrogen) atoms. The van der Waals surface area contributed by atoms with Crippen LogP contribution in [0.5, 0.6) is 5.75 Å². The molecule has 1 saturated heterocycles. The summed E-state index contributed by atoms with van der Waals surface area (Å²) < 4.78 is 86.2. The van der Waals surface area contributed by atoms with Gasteiger partial charge in [-0.2, -0.15) is 0 Å². The Morgan fingerprint density at radius 3 is 2.18 bits per heavy atom. The minimum Gasteiger partial charge on any atom is -0.490 e. The molecule has 0 amide bonds. The van der Waals surface area contributed by atoms with Crippen LogP contribution in [-0.2, 0) is 20.0 Å². The fourth-order valence-corrected chi connectivity index (χ4v) is 6.13. The first-order chi connectivity index (χ1) is 15.4. The van der Waals surface area contributed by atoms with E-state index in [2.05, 4.69) is 0 Å². The Bertz CT molecular complexity index is 1180. The van der Waals surface area contributed by atoms with E-state index in [9.17, 15) is 25.6 Å². The first-order valence-corrected chi connectivity index (χ1v) is 13.9. The van der Waals surface area contributed by atoms with Crippen molar-refractivity contribution in [2.24, 2.45) is 5.92 Å². The summed E-state index contributed by atoms with van der Waals surface area (Å²) in [6.45, 7) is 4.26. The molecule has 182 valence electrons. The van der Waals surface area contributed by atoms with Gasteiger partial charge in [0.2, 0.25) is 10.0 Å². The molecule has 0 spiro atoms. The van der Waals surface area contributed by atoms with Gasteiger partial charge in [0.1, 0.15) is 23.5 Å². The van der Waals surface area contributed by atoms with Crippen LogP contribution in [0, 0.1) is 17.6 Å². The Hall–Kier alpha value is -2.24. The van der Waals surface area contributed by atoms with Crippen molar-refractivity contribution in [3.05, 3.63) is 54.1 Å². The molecule has 7 nitrogen and oxygen atoms in total. The van der Waals surface area contributed by atoms with E-state index >= 15 is 0 Å². The lowest BCUT2D eigenvalue weighted by Gasteiger charge is -2.30. The Morgan fingerprint density at radius 1 is 1.03 bits per heavy atom. The van der Waals surface area contributed by atoms with E-state index in [0.717, 1.165) is 22.5 Å². The maximum Gasteiger partial charge on any atom is 0.264 e. The number of ether oxygens (including phenoxy) is 1. The van der Waals surface area contributed by atoms with Crippen LogP contribution in [0.25, 0.3) is 0 Å². The molecule has 2 aromatic carbocycles. The van der Waals surface area contributed by atoms with Gasteiger partial charge in [0, 0.05) is 25.7 Å². The standard InChI is InChI=1S/C22H28F2N2O5S2/c1-16(2)15-26(22-14-17(23)4-9-21(22)24)33(29,30)20-7-5-18(6-8-20)31-19-10-12-25(13-11-19)32(3,27)28/h4-9,14,16,19H,10-13,15H2,1-3H3. The predicted octanol–water partition coefficient (Wildman–Crippen LogP) is 3.62. The summed E-state index contributed by atoms with van der Waals surface area (Å²) in [5.41, 5.74) is -0.346. The molecule has 0 bridgehead atoms. The van der Waals surface area contributed by atoms with Gasteiger partial charge in [-0.05, 0) is 55.2 Å². The number of sulfonamides is 2. The van der Waals surface area contributed by atoms with Crippen molar-refractivity contribution in [1.82, 2.24) is 4.31 Å². The van der Waals surface area contributed by atoms with Gasteiger partial charge in [-0.15, -0.1) is 0 Å². The molecular weight excluding hydrogens is 474 g/mol. The minimum atomic E-state index is -4.16. The number of halogens is 2. The third-order valence-corrected chi connectivity index (χ3v) is 8.39. The van der Waals surface area contributed by atoms with Crippen LogP contribution in [0.4, 0.5) is 14.5 Å². The normalized spacial score (nSPS) is 16.2. The predicted molar refractivity (Wildman–Crippen MR) is 122 cm³/mol. The van der Waals surface area contributed by atoms with Gasteiger partial charge in [-0.3, -0.25) is 4.31 Å². The van der Waals surface area contributed by atoms with Crippen molar-refractivity contribution < 1.29 is 30.4 Å². The molecule has 1 heterocycles. The molecule has 0 radical (unpaired) electrons. The van der Waals surface area contributed by atoms with Gasteiger partial charge in [-0.1, -0.05) is 13.8 Å². The SMILES string of the molecule is CC(C)CN(c1cc(F)ccc1F)S(=O)(=O)c1ccc(OC2CCN(S(C)(=O)=O)CC2)cc1. The molecule has 0 aromatic heterocycles. The van der Waals surface area contributed by atoms with Gasteiger partial charge in [0.15, 0.2) is 0 Å². The third kappa shape index (κ3) is 6.21. The molecule has 0 N–H and O–H groups in total. The summed E-state index contributed by atoms with van der Waals surface area (Å²) in [6.07, 6.45) is 2.03. The maximum atomic E-state index is 14.4. The minimum absolute atomic E-state index is 0.0279. The fourth-order valence-electron chi connectivity index (χ4n) is 3.63. The topological polar surface area (TPSA) is 84.0 Å². The summed E-state index contributed by atoms with van der Waals surface area (Å²) in [5, 5.41) is 0. The van der Waals surface area contributed by atoms with Crippen molar-refractivity contribution in [3.63, 3.8) is 0 Å². The zero-order chi connectivity index (χ0) is 24.4. The van der Waals surface area contributed by atoms with E-state index in [0.29, 0.717) is 31.7 Å². The molecule has 1 fully saturated rings. The number of hydrogen-bond donors (Lipinski definition) is 0. The van der Waals surface area contributed by atoms with Crippen molar-refractivity contribution in [1.29, 1.82) is 0 Å². The fraction of sp³-hybridized carbons (Fsp3) is 0.455. The highest BCUT2D eigenvalue weighted by molar-refractivity contribution is 7.92. The highest BCUT2D eigenvalue weighted by atomic mass is 32.2. The second-order valence-electron chi connectivity index (χ2n) is 8.48. The highest BCUT2D eigenvalue weighted by Crippen LogP contribution is 2.29. The van der Waals surface area contributed by atoms with E-state index in [1.54, 1.807) is 13.8 Å². The quantitative estimate of drug-likeness (QED) is 0.551. The molecule has 2 aromatic rings. The molecule has 0 aliphatic carbocycles. The second-order valence-corrected chi connectivity index (χ2v) is 12.3. The highest BCUT2D eigenvalue weighted by Gasteiger charge is 2.29. The number of piperidine rings is 1. The zero-order valence-electron chi connectivity index (χ0n) is 18.7. The summed E-state index contributed by atoms with van der Waals surface area (Å²) in [7, 11) is -7.40. The van der Waals surface area contributed by atoms with Gasteiger partial charge >= 0.3 is 0 Å². The Morgan fingerprint density at radius 2 is 1.64 bits per heavy atom. The molecule has 0 saturated carbocycles. The molecule has 0 atom stereocenters. The maximum absolute atomic E-state index is 14.4. The number of benzene rings is 2. The summed E-state index contributed by atoms with van der Waals surface area (Å²) in [6, 6.07) is 8.44. The van der Waals surface area contributed by atoms with Crippen LogP contribution >= 0.6 is 0 Å². The van der Waals surface area contributed by atoms with Crippen molar-refractivity contribution in [2.45, 2.75) is 37.7 Å². The van der Waals surface area contributed by atoms with Crippen LogP contribution in [0.1, 0.15) is 26.7 Å². The molecule has 1 aliphatic heterocycles. The van der Waals surface area contributed by atoms with Crippen molar-refractivity contribution in [2.75, 3.05) is 30.2 Å². The van der Waals surface area contributed by atoms with Crippen LogP contribution in [0.3, 0.4) is 0 Å². The van der Waals surface area contributed by atoms with Crippen molar-refractivity contribution in [3.8, 4) is 5.75 Å². The lowest BCUT2D eigenvalue weighted by molar-refractivity contribution is 0.135. The summed E-state index contributed by atoms with van der Waals surface area (Å²) >= 11 is 0. The molecule has 1 aliphatic rings. The first kappa shape index (κ1) is 25.4. The zero-order valence-corrected chi connectivity index (χ0v) is 20.4. The Balaban J connectivity index is 1.78. The number of anilines is 1. The number of rotatable bonds is 8. The third-order valence-electron chi connectivity index (χ3n) is 5.29. The lowest BCUT2D eigenvalue weighted by Crippen LogP contribution is -2.41. The van der Waals surface area contributed by atoms with E-state index in [1.165, 1.54) is 34.8 Å². The molecule has 0 unspecified atom stereocenters. The molecule has 11 heteroatoms. The Kier molecular flexibility index (Phi) is 7.65. The second kappa shape index (κ2) is 9.94. The molecule has 3 rings (SSSR count). The summed E-state index contributed by atoms with van der Waals surface area (Å²) in [4.78, 5) is -0.0777. The number of hydrogen-bond acceptors (Lipinski definition) is 5. The van der Waals surface area contributed by atoms with E-state index in [1.807, 2.05) is 0 Å². The monoisotopic (exact) mass is 502 g/mol. The van der Waals surface area contributed by atoms with E-state index < -0.39 is 31.7 Å². The average molecular weight is 503 g/mol. The van der Waals surface area contributed by atoms with E-state index in [4.69, 9.17) is 4.74 Å². The van der Waals surface area contributed by atoms with Crippen LogP contribution < -0.4 is 9.04 Å². The van der Waals surface area contributed by atoms with Crippen molar-refractivity contribution >= 4 is 25.7 Å². The van der Waals surface area contributed by atoms with Gasteiger partial charge < -0.3 is 4.74 Å². The van der Waals surface area contributed by atoms with Crippen LogP contribution in [-0.4, -0.2) is 53.1 Å². The first-order valence-electron chi connectivity index (χ1n) is 10.6. The van der Waals surface area contributed by atoms with Crippen LogP contribution in [0.15, 0.2) is 47.4 Å². The van der Waals surface area contributed by atoms with Gasteiger partial charge in [-0.25, -0.2) is 29.9 Å². The van der Waals surface area contributed by atoms with Gasteiger partial charge in [0.05, 0.1) is 16.8 Å². The van der Waals surface area contributed by atoms with Gasteiger partial charge in [0.25, 0.3) is 10.0 Å².